The van der Waals surface area contributed by atoms with E-state index in [0.717, 1.165) is 28.9 Å². The first-order chi connectivity index (χ1) is 13.2. The van der Waals surface area contributed by atoms with E-state index in [0.29, 0.717) is 17.4 Å². The molecule has 0 aliphatic carbocycles. The second-order valence-electron chi connectivity index (χ2n) is 10.3. The maximum atomic E-state index is 10.3. The summed E-state index contributed by atoms with van der Waals surface area (Å²) in [7, 11) is 1.62. The van der Waals surface area contributed by atoms with E-state index < -0.39 is 0 Å². The Morgan fingerprint density at radius 1 is 0.862 bits per heavy atom. The lowest BCUT2D eigenvalue weighted by Crippen LogP contribution is -2.13. The number of ether oxygens (including phenoxy) is 1. The van der Waals surface area contributed by atoms with Crippen molar-refractivity contribution in [2.24, 2.45) is 5.92 Å². The minimum atomic E-state index is -0.0569. The van der Waals surface area contributed by atoms with Crippen molar-refractivity contribution in [1.29, 1.82) is 0 Å². The molecule has 0 fully saturated rings. The van der Waals surface area contributed by atoms with Gasteiger partial charge in [-0.15, -0.1) is 0 Å². The molecule has 0 radical (unpaired) electrons. The van der Waals surface area contributed by atoms with Crippen LogP contribution in [-0.4, -0.2) is 17.3 Å². The van der Waals surface area contributed by atoms with Gasteiger partial charge in [0.05, 0.1) is 7.11 Å². The Bertz CT molecular complexity index is 806. The number of aromatic hydroxyl groups is 2. The third-order valence-electron chi connectivity index (χ3n) is 4.78. The lowest BCUT2D eigenvalue weighted by atomic mass is 9.83. The third kappa shape index (κ3) is 7.30. The number of rotatable bonds is 3. The number of hydrogen-bond donors (Lipinski definition) is 2. The van der Waals surface area contributed by atoms with Gasteiger partial charge in [0.25, 0.3) is 0 Å². The molecular weight excluding hydrogens is 360 g/mol. The van der Waals surface area contributed by atoms with Gasteiger partial charge in [-0.2, -0.15) is 0 Å². The first-order valence-corrected chi connectivity index (χ1v) is 10.4. The highest BCUT2D eigenvalue weighted by Crippen LogP contribution is 2.35. The molecule has 0 heterocycles. The van der Waals surface area contributed by atoms with Gasteiger partial charge < -0.3 is 14.9 Å². The zero-order valence-corrected chi connectivity index (χ0v) is 20.0. The molecule has 0 aromatic heterocycles. The normalized spacial score (nSPS) is 11.8. The first kappa shape index (κ1) is 24.9. The minimum Gasteiger partial charge on any atom is -0.508 e. The summed E-state index contributed by atoms with van der Waals surface area (Å²) in [6, 6.07) is 9.49. The Morgan fingerprint density at radius 2 is 1.41 bits per heavy atom. The molecule has 0 aliphatic heterocycles. The monoisotopic (exact) mass is 400 g/mol. The molecule has 3 nitrogen and oxygen atoms in total. The summed E-state index contributed by atoms with van der Waals surface area (Å²) in [5.74, 6) is 2.17. The Kier molecular flexibility index (Phi) is 8.20. The maximum absolute atomic E-state index is 10.3. The van der Waals surface area contributed by atoms with E-state index in [-0.39, 0.29) is 10.8 Å². The molecule has 2 rings (SSSR count). The van der Waals surface area contributed by atoms with Crippen molar-refractivity contribution in [3.05, 3.63) is 52.6 Å². The lowest BCUT2D eigenvalue weighted by molar-refractivity contribution is 0.405. The first-order valence-electron chi connectivity index (χ1n) is 10.4. The van der Waals surface area contributed by atoms with Crippen molar-refractivity contribution < 1.29 is 14.9 Å². The summed E-state index contributed by atoms with van der Waals surface area (Å²) in [6.45, 7) is 19.0. The SMILES string of the molecule is COc1ccc(O)c(C(C)(C)C)c1.Cc1cc(CC(C)C)c(O)c(C(C)(C)C)c1. The smallest absolute Gasteiger partial charge is 0.122 e. The second kappa shape index (κ2) is 9.56. The zero-order valence-electron chi connectivity index (χ0n) is 20.0. The molecule has 0 aliphatic rings. The van der Waals surface area contributed by atoms with Gasteiger partial charge in [-0.25, -0.2) is 0 Å². The summed E-state index contributed by atoms with van der Waals surface area (Å²) < 4.78 is 5.09. The van der Waals surface area contributed by atoms with Gasteiger partial charge in [0.2, 0.25) is 0 Å². The van der Waals surface area contributed by atoms with E-state index in [1.807, 2.05) is 6.07 Å². The fourth-order valence-corrected chi connectivity index (χ4v) is 3.26. The van der Waals surface area contributed by atoms with Crippen LogP contribution in [0.5, 0.6) is 17.2 Å². The van der Waals surface area contributed by atoms with Gasteiger partial charge in [0, 0.05) is 5.56 Å². The predicted octanol–water partition coefficient (Wildman–Crippen LogP) is 6.89. The number of methoxy groups -OCH3 is 1. The van der Waals surface area contributed by atoms with Crippen LogP contribution in [0.15, 0.2) is 30.3 Å². The number of hydrogen-bond acceptors (Lipinski definition) is 3. The summed E-state index contributed by atoms with van der Waals surface area (Å²) in [5.41, 5.74) is 4.23. The van der Waals surface area contributed by atoms with Gasteiger partial charge in [-0.1, -0.05) is 73.1 Å². The van der Waals surface area contributed by atoms with Crippen LogP contribution in [0.1, 0.15) is 77.6 Å². The Labute approximate surface area is 177 Å². The summed E-state index contributed by atoms with van der Waals surface area (Å²) in [5, 5.41) is 19.9. The van der Waals surface area contributed by atoms with Crippen LogP contribution in [0, 0.1) is 12.8 Å². The molecule has 2 N–H and O–H groups in total. The molecule has 0 atom stereocenters. The van der Waals surface area contributed by atoms with E-state index in [1.165, 1.54) is 5.56 Å². The number of aryl methyl sites for hydroxylation is 1. The molecule has 0 spiro atoms. The average molecular weight is 401 g/mol. The molecule has 29 heavy (non-hydrogen) atoms. The Hall–Kier alpha value is -2.16. The Morgan fingerprint density at radius 3 is 1.86 bits per heavy atom. The summed E-state index contributed by atoms with van der Waals surface area (Å²) in [6.07, 6.45) is 0.941. The quantitative estimate of drug-likeness (QED) is 0.589. The van der Waals surface area contributed by atoms with Crippen LogP contribution >= 0.6 is 0 Å². The van der Waals surface area contributed by atoms with E-state index in [9.17, 15) is 10.2 Å². The average Bonchev–Trinajstić information content (AvgIpc) is 2.56. The van der Waals surface area contributed by atoms with Gasteiger partial charge in [0.1, 0.15) is 17.2 Å². The number of phenols is 2. The molecular formula is C26H40O3. The molecule has 3 heteroatoms. The van der Waals surface area contributed by atoms with Crippen molar-refractivity contribution in [2.45, 2.75) is 79.6 Å². The van der Waals surface area contributed by atoms with Crippen molar-refractivity contribution in [3.8, 4) is 17.2 Å². The lowest BCUT2D eigenvalue weighted by Gasteiger charge is -2.23. The fourth-order valence-electron chi connectivity index (χ4n) is 3.26. The summed E-state index contributed by atoms with van der Waals surface area (Å²) >= 11 is 0. The van der Waals surface area contributed by atoms with Gasteiger partial charge >= 0.3 is 0 Å². The van der Waals surface area contributed by atoms with Crippen molar-refractivity contribution in [1.82, 2.24) is 0 Å². The largest absolute Gasteiger partial charge is 0.508 e. The zero-order chi connectivity index (χ0) is 22.6. The standard InChI is InChI=1S/C15H24O.C11H16O2/c1-10(2)7-12-8-11(3)9-13(14(12)16)15(4,5)6;1-11(2,3)9-7-8(13-4)5-6-10(9)12/h8-10,16H,7H2,1-6H3;5-7,12H,1-4H3. The van der Waals surface area contributed by atoms with Crippen molar-refractivity contribution in [3.63, 3.8) is 0 Å². The molecule has 0 saturated carbocycles. The highest BCUT2D eigenvalue weighted by Gasteiger charge is 2.21. The van der Waals surface area contributed by atoms with Crippen LogP contribution < -0.4 is 4.74 Å². The van der Waals surface area contributed by atoms with Crippen LogP contribution in [-0.2, 0) is 17.3 Å². The van der Waals surface area contributed by atoms with E-state index in [1.54, 1.807) is 19.2 Å². The number of benzene rings is 2. The molecule has 0 unspecified atom stereocenters. The fraction of sp³-hybridized carbons (Fsp3) is 0.538. The highest BCUT2D eigenvalue weighted by molar-refractivity contribution is 5.47. The maximum Gasteiger partial charge on any atom is 0.122 e. The number of phenolic OH excluding ortho intramolecular Hbond substituents is 2. The van der Waals surface area contributed by atoms with Crippen molar-refractivity contribution >= 4 is 0 Å². The topological polar surface area (TPSA) is 49.7 Å². The molecule has 2 aromatic rings. The molecule has 0 saturated heterocycles. The van der Waals surface area contributed by atoms with Gasteiger partial charge in [0.15, 0.2) is 0 Å². The highest BCUT2D eigenvalue weighted by atomic mass is 16.5. The predicted molar refractivity (Wildman–Crippen MR) is 123 cm³/mol. The van der Waals surface area contributed by atoms with Crippen LogP contribution in [0.4, 0.5) is 0 Å². The van der Waals surface area contributed by atoms with Crippen molar-refractivity contribution in [2.75, 3.05) is 7.11 Å². The second-order valence-corrected chi connectivity index (χ2v) is 10.3. The molecule has 162 valence electrons. The van der Waals surface area contributed by atoms with Crippen LogP contribution in [0.2, 0.25) is 0 Å². The van der Waals surface area contributed by atoms with E-state index >= 15 is 0 Å². The summed E-state index contributed by atoms with van der Waals surface area (Å²) in [4.78, 5) is 0. The van der Waals surface area contributed by atoms with Crippen LogP contribution in [0.25, 0.3) is 0 Å². The van der Waals surface area contributed by atoms with Gasteiger partial charge in [-0.05, 0) is 59.4 Å². The van der Waals surface area contributed by atoms with E-state index in [2.05, 4.69) is 74.4 Å². The molecule has 0 bridgehead atoms. The van der Waals surface area contributed by atoms with Crippen LogP contribution in [0.3, 0.4) is 0 Å². The van der Waals surface area contributed by atoms with Gasteiger partial charge in [-0.3, -0.25) is 0 Å². The molecule has 2 aromatic carbocycles. The van der Waals surface area contributed by atoms with E-state index in [4.69, 9.17) is 4.74 Å². The minimum absolute atomic E-state index is 0.00182. The molecule has 0 amide bonds. The Balaban J connectivity index is 0.000000296. The third-order valence-corrected chi connectivity index (χ3v) is 4.78.